The monoisotopic (exact) mass is 407 g/mol. The Morgan fingerprint density at radius 2 is 1.63 bits per heavy atom. The molecular weight excluding hydrogens is 376 g/mol. The Balaban J connectivity index is 1.47. The molecular formula is C24H31N4O2+. The quantitative estimate of drug-likeness (QED) is 0.722. The van der Waals surface area contributed by atoms with Gasteiger partial charge in [0.25, 0.3) is 5.91 Å². The summed E-state index contributed by atoms with van der Waals surface area (Å²) in [6.07, 6.45) is 3.77. The van der Waals surface area contributed by atoms with Crippen LogP contribution < -0.4 is 15.1 Å². The molecule has 30 heavy (non-hydrogen) atoms. The van der Waals surface area contributed by atoms with Crippen LogP contribution >= 0.6 is 0 Å². The number of carbonyl (C=O) groups is 2. The zero-order valence-corrected chi connectivity index (χ0v) is 17.9. The fourth-order valence-electron chi connectivity index (χ4n) is 4.56. The number of carbonyl (C=O) groups excluding carboxylic acids is 2. The number of piperidine rings is 1. The molecule has 2 saturated heterocycles. The van der Waals surface area contributed by atoms with Crippen molar-refractivity contribution in [3.63, 3.8) is 0 Å². The summed E-state index contributed by atoms with van der Waals surface area (Å²) < 4.78 is 0. The third-order valence-corrected chi connectivity index (χ3v) is 6.23. The van der Waals surface area contributed by atoms with Crippen LogP contribution in [0, 0.1) is 0 Å². The normalized spacial score (nSPS) is 22.9. The summed E-state index contributed by atoms with van der Waals surface area (Å²) in [5, 5.41) is 2.89. The first kappa shape index (κ1) is 20.4. The van der Waals surface area contributed by atoms with E-state index < -0.39 is 5.54 Å². The standard InChI is InChI=1S/C24H30N4O2/c1-24(20-12-5-3-6-13-20)22(29)28(23(30)25-24)18-26(2)17-19-11-7-8-14-21(19)27-15-9-4-10-16-27/h3,5-8,11-14H,4,9-10,15-18H2,1-2H3,(H,25,30)/p+1/t24-/m1/s1. The van der Waals surface area contributed by atoms with E-state index in [1.165, 1.54) is 35.4 Å². The molecule has 158 valence electrons. The molecule has 0 bridgehead atoms. The Labute approximate surface area is 178 Å². The Kier molecular flexibility index (Phi) is 5.77. The number of quaternary nitrogens is 1. The number of nitrogens with one attached hydrogen (secondary N) is 2. The molecule has 0 aliphatic carbocycles. The van der Waals surface area contributed by atoms with E-state index in [9.17, 15) is 9.59 Å². The molecule has 2 aliphatic rings. The van der Waals surface area contributed by atoms with Crippen molar-refractivity contribution in [2.75, 3.05) is 31.7 Å². The Morgan fingerprint density at radius 3 is 2.37 bits per heavy atom. The first-order valence-corrected chi connectivity index (χ1v) is 10.8. The van der Waals surface area contributed by atoms with Gasteiger partial charge in [0.1, 0.15) is 12.1 Å². The first-order chi connectivity index (χ1) is 14.5. The average Bonchev–Trinajstić information content (AvgIpc) is 2.99. The Morgan fingerprint density at radius 1 is 0.967 bits per heavy atom. The number of hydrogen-bond acceptors (Lipinski definition) is 3. The van der Waals surface area contributed by atoms with Gasteiger partial charge in [-0.2, -0.15) is 0 Å². The van der Waals surface area contributed by atoms with E-state index in [0.717, 1.165) is 30.1 Å². The first-order valence-electron chi connectivity index (χ1n) is 10.8. The molecule has 1 unspecified atom stereocenters. The molecule has 2 heterocycles. The zero-order valence-electron chi connectivity index (χ0n) is 17.9. The number of benzene rings is 2. The van der Waals surface area contributed by atoms with Crippen molar-refractivity contribution in [2.24, 2.45) is 0 Å². The van der Waals surface area contributed by atoms with Crippen LogP contribution in [0.1, 0.15) is 37.3 Å². The lowest BCUT2D eigenvalue weighted by molar-refractivity contribution is -0.901. The second kappa shape index (κ2) is 8.48. The van der Waals surface area contributed by atoms with E-state index in [4.69, 9.17) is 0 Å². The molecule has 2 atom stereocenters. The summed E-state index contributed by atoms with van der Waals surface area (Å²) in [6.45, 7) is 5.06. The molecule has 0 saturated carbocycles. The van der Waals surface area contributed by atoms with Crippen LogP contribution in [0.3, 0.4) is 0 Å². The van der Waals surface area contributed by atoms with Gasteiger partial charge in [-0.3, -0.25) is 4.79 Å². The lowest BCUT2D eigenvalue weighted by Gasteiger charge is -2.31. The van der Waals surface area contributed by atoms with Crippen LogP contribution in [0.4, 0.5) is 10.5 Å². The molecule has 2 aromatic carbocycles. The molecule has 0 radical (unpaired) electrons. The highest BCUT2D eigenvalue weighted by atomic mass is 16.2. The number of nitrogens with zero attached hydrogens (tertiary/aromatic N) is 2. The Bertz CT molecular complexity index is 910. The molecule has 2 N–H and O–H groups in total. The van der Waals surface area contributed by atoms with Gasteiger partial charge in [-0.15, -0.1) is 0 Å². The van der Waals surface area contributed by atoms with Crippen LogP contribution in [-0.2, 0) is 16.9 Å². The van der Waals surface area contributed by atoms with Crippen molar-refractivity contribution in [3.8, 4) is 0 Å². The second-order valence-electron chi connectivity index (χ2n) is 8.62. The molecule has 6 nitrogen and oxygen atoms in total. The summed E-state index contributed by atoms with van der Waals surface area (Å²) in [7, 11) is 2.03. The van der Waals surface area contributed by atoms with Gasteiger partial charge in [-0.05, 0) is 37.8 Å². The maximum Gasteiger partial charge on any atom is 0.329 e. The molecule has 2 aromatic rings. The summed E-state index contributed by atoms with van der Waals surface area (Å²) in [5.74, 6) is -0.192. The van der Waals surface area contributed by atoms with Crippen LogP contribution in [0.5, 0.6) is 0 Å². The van der Waals surface area contributed by atoms with Gasteiger partial charge < -0.3 is 15.1 Å². The highest BCUT2D eigenvalue weighted by Gasteiger charge is 2.49. The van der Waals surface area contributed by atoms with E-state index in [-0.39, 0.29) is 11.9 Å². The summed E-state index contributed by atoms with van der Waals surface area (Å²) in [6, 6.07) is 17.6. The predicted molar refractivity (Wildman–Crippen MR) is 117 cm³/mol. The van der Waals surface area contributed by atoms with Gasteiger partial charge in [-0.25, -0.2) is 9.69 Å². The number of hydrogen-bond donors (Lipinski definition) is 2. The van der Waals surface area contributed by atoms with E-state index in [0.29, 0.717) is 6.67 Å². The van der Waals surface area contributed by atoms with Crippen LogP contribution in [0.2, 0.25) is 0 Å². The number of para-hydroxylation sites is 1. The second-order valence-corrected chi connectivity index (χ2v) is 8.62. The van der Waals surface area contributed by atoms with Crippen molar-refractivity contribution in [2.45, 2.75) is 38.3 Å². The minimum Gasteiger partial charge on any atom is -0.371 e. The van der Waals surface area contributed by atoms with Gasteiger partial charge in [-0.1, -0.05) is 48.5 Å². The van der Waals surface area contributed by atoms with Crippen molar-refractivity contribution in [1.29, 1.82) is 0 Å². The largest absolute Gasteiger partial charge is 0.371 e. The Hall–Kier alpha value is -2.86. The van der Waals surface area contributed by atoms with Crippen LogP contribution in [-0.4, -0.2) is 43.6 Å². The molecule has 4 rings (SSSR count). The number of anilines is 1. The molecule has 2 fully saturated rings. The van der Waals surface area contributed by atoms with E-state index in [1.807, 2.05) is 37.4 Å². The van der Waals surface area contributed by atoms with E-state index in [1.54, 1.807) is 6.92 Å². The van der Waals surface area contributed by atoms with Gasteiger partial charge in [0, 0.05) is 24.3 Å². The number of rotatable bonds is 6. The number of urea groups is 1. The minimum absolute atomic E-state index is 0.192. The minimum atomic E-state index is -1.01. The lowest BCUT2D eigenvalue weighted by Crippen LogP contribution is -3.09. The highest BCUT2D eigenvalue weighted by Crippen LogP contribution is 2.28. The molecule has 0 spiro atoms. The number of amides is 3. The predicted octanol–water partition coefficient (Wildman–Crippen LogP) is 2.12. The van der Waals surface area contributed by atoms with Crippen molar-refractivity contribution in [3.05, 3.63) is 65.7 Å². The summed E-state index contributed by atoms with van der Waals surface area (Å²) in [5.41, 5.74) is 2.33. The topological polar surface area (TPSA) is 57.1 Å². The van der Waals surface area contributed by atoms with Gasteiger partial charge >= 0.3 is 6.03 Å². The fourth-order valence-corrected chi connectivity index (χ4v) is 4.56. The van der Waals surface area contributed by atoms with E-state index >= 15 is 0 Å². The van der Waals surface area contributed by atoms with Crippen LogP contribution in [0.25, 0.3) is 0 Å². The lowest BCUT2D eigenvalue weighted by atomic mass is 9.92. The maximum atomic E-state index is 13.2. The van der Waals surface area contributed by atoms with Crippen molar-refractivity contribution in [1.82, 2.24) is 10.2 Å². The molecule has 6 heteroatoms. The highest BCUT2D eigenvalue weighted by molar-refractivity contribution is 6.07. The third-order valence-electron chi connectivity index (χ3n) is 6.23. The van der Waals surface area contributed by atoms with Crippen molar-refractivity contribution < 1.29 is 14.5 Å². The molecule has 3 amide bonds. The van der Waals surface area contributed by atoms with Crippen LogP contribution in [0.15, 0.2) is 54.6 Å². The summed E-state index contributed by atoms with van der Waals surface area (Å²) >= 11 is 0. The van der Waals surface area contributed by atoms with Gasteiger partial charge in [0.05, 0.1) is 7.05 Å². The molecule has 2 aliphatic heterocycles. The maximum absolute atomic E-state index is 13.2. The van der Waals surface area contributed by atoms with Crippen molar-refractivity contribution >= 4 is 17.6 Å². The summed E-state index contributed by atoms with van der Waals surface area (Å²) in [4.78, 5) is 30.7. The average molecular weight is 408 g/mol. The SMILES string of the molecule is C[NH+](Cc1ccccc1N1CCCCC1)CN1C(=O)N[C@](C)(c2ccccc2)C1=O. The zero-order chi connectivity index (χ0) is 21.1. The third kappa shape index (κ3) is 3.92. The van der Waals surface area contributed by atoms with Gasteiger partial charge in [0.2, 0.25) is 0 Å². The molecule has 0 aromatic heterocycles. The fraction of sp³-hybridized carbons (Fsp3) is 0.417. The van der Waals surface area contributed by atoms with Gasteiger partial charge in [0.15, 0.2) is 6.67 Å². The number of imide groups is 1. The van der Waals surface area contributed by atoms with E-state index in [2.05, 4.69) is 34.5 Å². The smallest absolute Gasteiger partial charge is 0.329 e.